The number of rotatable bonds is 4. The molecule has 1 heterocycles. The van der Waals surface area contributed by atoms with Gasteiger partial charge in [0, 0.05) is 18.0 Å². The number of benzene rings is 1. The van der Waals surface area contributed by atoms with Gasteiger partial charge >= 0.3 is 0 Å². The van der Waals surface area contributed by atoms with Crippen molar-refractivity contribution in [1.82, 2.24) is 4.31 Å². The summed E-state index contributed by atoms with van der Waals surface area (Å²) in [6, 6.07) is 10.2. The lowest BCUT2D eigenvalue weighted by Gasteiger charge is -2.31. The van der Waals surface area contributed by atoms with Gasteiger partial charge in [0.05, 0.1) is 12.8 Å². The Labute approximate surface area is 154 Å². The van der Waals surface area contributed by atoms with E-state index in [1.54, 1.807) is 11.9 Å². The zero-order valence-corrected chi connectivity index (χ0v) is 15.9. The molecule has 1 atom stereocenters. The fourth-order valence-electron chi connectivity index (χ4n) is 1.79. The van der Waals surface area contributed by atoms with E-state index in [0.717, 1.165) is 19.6 Å². The highest BCUT2D eigenvalue weighted by molar-refractivity contribution is 7.97. The molecule has 0 aromatic heterocycles. The Balaban J connectivity index is 0.000000844. The minimum Gasteiger partial charge on any atom is -0.369 e. The summed E-state index contributed by atoms with van der Waals surface area (Å²) in [5, 5.41) is 7.12. The van der Waals surface area contributed by atoms with Crippen molar-refractivity contribution in [2.24, 2.45) is 33.4 Å². The third-order valence-electron chi connectivity index (χ3n) is 2.69. The number of hydrogen-bond acceptors (Lipinski definition) is 9. The van der Waals surface area contributed by atoms with Gasteiger partial charge in [-0.25, -0.2) is 4.31 Å². The minimum absolute atomic E-state index is 0.192. The molecule has 1 saturated heterocycles. The molecule has 8 nitrogen and oxygen atoms in total. The molecule has 0 spiro atoms. The number of morpholine rings is 1. The van der Waals surface area contributed by atoms with E-state index in [0.29, 0.717) is 18.9 Å². The first-order valence-corrected chi connectivity index (χ1v) is 8.94. The van der Waals surface area contributed by atoms with Crippen LogP contribution in [0.5, 0.6) is 0 Å². The summed E-state index contributed by atoms with van der Waals surface area (Å²) in [4.78, 5) is 1.20. The quantitative estimate of drug-likeness (QED) is 0.263. The smallest absolute Gasteiger partial charge is 0.116 e. The van der Waals surface area contributed by atoms with Crippen LogP contribution in [-0.2, 0) is 4.74 Å². The van der Waals surface area contributed by atoms with Gasteiger partial charge in [0.1, 0.15) is 11.8 Å². The molecule has 0 amide bonds. The van der Waals surface area contributed by atoms with E-state index in [1.807, 2.05) is 32.0 Å². The lowest BCUT2D eigenvalue weighted by atomic mass is 10.2. The number of ether oxygens (including phenoxy) is 1. The van der Waals surface area contributed by atoms with Crippen molar-refractivity contribution in [1.29, 1.82) is 0 Å². The molecule has 142 valence electrons. The molecule has 1 aromatic carbocycles. The normalized spacial score (nSPS) is 18.1. The molecule has 0 radical (unpaired) electrons. The highest BCUT2D eigenvalue weighted by Crippen LogP contribution is 2.24. The van der Waals surface area contributed by atoms with Crippen molar-refractivity contribution in [3.8, 4) is 0 Å². The van der Waals surface area contributed by atoms with Crippen LogP contribution in [0, 0.1) is 0 Å². The molecule has 0 aliphatic carbocycles. The van der Waals surface area contributed by atoms with Gasteiger partial charge in [-0.3, -0.25) is 0 Å². The van der Waals surface area contributed by atoms with Crippen LogP contribution in [0.1, 0.15) is 13.8 Å². The molecular weight excluding hydrogens is 338 g/mol. The van der Waals surface area contributed by atoms with Crippen LogP contribution in [0.2, 0.25) is 0 Å². The van der Waals surface area contributed by atoms with Gasteiger partial charge in [0.25, 0.3) is 0 Å². The first kappa shape index (κ1) is 23.4. The molecule has 0 bridgehead atoms. The number of hydrogen-bond donors (Lipinski definition) is 4. The molecule has 0 saturated carbocycles. The van der Waals surface area contributed by atoms with Crippen LogP contribution in [0.4, 0.5) is 0 Å². The van der Waals surface area contributed by atoms with Crippen molar-refractivity contribution in [2.75, 3.05) is 32.8 Å². The van der Waals surface area contributed by atoms with E-state index >= 15 is 0 Å². The van der Waals surface area contributed by atoms with Crippen molar-refractivity contribution in [2.45, 2.75) is 24.8 Å². The second-order valence-electron chi connectivity index (χ2n) is 4.80. The van der Waals surface area contributed by atoms with Gasteiger partial charge < -0.3 is 27.9 Å². The van der Waals surface area contributed by atoms with Crippen LogP contribution in [0.3, 0.4) is 0 Å². The largest absolute Gasteiger partial charge is 0.369 e. The maximum Gasteiger partial charge on any atom is 0.116 e. The Morgan fingerprint density at radius 1 is 1.24 bits per heavy atom. The summed E-state index contributed by atoms with van der Waals surface area (Å²) in [6.45, 7) is 7.48. The van der Waals surface area contributed by atoms with Crippen LogP contribution in [0.15, 0.2) is 45.4 Å². The number of hydrazone groups is 2. The Morgan fingerprint density at radius 2 is 1.84 bits per heavy atom. The highest BCUT2D eigenvalue weighted by atomic mass is 32.2. The molecule has 1 unspecified atom stereocenters. The van der Waals surface area contributed by atoms with Crippen LogP contribution in [0.25, 0.3) is 0 Å². The topological polar surface area (TPSA) is 141 Å². The zero-order valence-electron chi connectivity index (χ0n) is 15.0. The van der Waals surface area contributed by atoms with Gasteiger partial charge in [-0.1, -0.05) is 32.0 Å². The van der Waals surface area contributed by atoms with E-state index in [1.165, 1.54) is 11.1 Å². The molecular formula is C16H31N7OS. The monoisotopic (exact) mass is 369 g/mol. The number of nitrogens with two attached hydrogens (primary N) is 4. The van der Waals surface area contributed by atoms with E-state index in [-0.39, 0.29) is 6.10 Å². The van der Waals surface area contributed by atoms with Gasteiger partial charge in [-0.15, -0.1) is 0 Å². The summed E-state index contributed by atoms with van der Waals surface area (Å²) in [7, 11) is 0. The molecule has 1 aromatic rings. The molecule has 1 aliphatic heterocycles. The molecule has 8 N–H and O–H groups in total. The van der Waals surface area contributed by atoms with Crippen molar-refractivity contribution in [3.05, 3.63) is 30.3 Å². The Hall–Kier alpha value is -1.65. The van der Waals surface area contributed by atoms with Crippen LogP contribution < -0.4 is 23.2 Å². The Kier molecular flexibility index (Phi) is 14.8. The fraction of sp³-hybridized carbons (Fsp3) is 0.500. The second-order valence-corrected chi connectivity index (χ2v) is 5.97. The fourth-order valence-corrected chi connectivity index (χ4v) is 2.75. The molecule has 25 heavy (non-hydrogen) atoms. The maximum absolute atomic E-state index is 5.64. The first-order chi connectivity index (χ1) is 12.2. The summed E-state index contributed by atoms with van der Waals surface area (Å²) in [5.41, 5.74) is 10.3. The van der Waals surface area contributed by atoms with Crippen molar-refractivity contribution in [3.63, 3.8) is 0 Å². The SMILES string of the molecule is CCN.CCN.N/N=C(/C=N/N)C1CN(Sc2ccccc2)CCO1. The first-order valence-electron chi connectivity index (χ1n) is 8.17. The van der Waals surface area contributed by atoms with E-state index in [9.17, 15) is 0 Å². The third kappa shape index (κ3) is 10.7. The van der Waals surface area contributed by atoms with Gasteiger partial charge in [-0.05, 0) is 37.2 Å². The van der Waals surface area contributed by atoms with Gasteiger partial charge in [0.2, 0.25) is 0 Å². The third-order valence-corrected chi connectivity index (χ3v) is 3.77. The van der Waals surface area contributed by atoms with Gasteiger partial charge in [0.15, 0.2) is 0 Å². The Bertz CT molecular complexity index is 483. The summed E-state index contributed by atoms with van der Waals surface area (Å²) in [6.07, 6.45) is 1.24. The molecule has 2 rings (SSSR count). The maximum atomic E-state index is 5.64. The summed E-state index contributed by atoms with van der Waals surface area (Å²) >= 11 is 1.70. The predicted molar refractivity (Wildman–Crippen MR) is 107 cm³/mol. The lowest BCUT2D eigenvalue weighted by Crippen LogP contribution is -2.43. The average Bonchev–Trinajstić information content (AvgIpc) is 2.62. The van der Waals surface area contributed by atoms with E-state index in [2.05, 4.69) is 26.6 Å². The molecule has 1 fully saturated rings. The highest BCUT2D eigenvalue weighted by Gasteiger charge is 2.24. The van der Waals surface area contributed by atoms with Crippen LogP contribution >= 0.6 is 11.9 Å². The zero-order chi connectivity index (χ0) is 18.9. The summed E-state index contributed by atoms with van der Waals surface area (Å²) < 4.78 is 7.86. The summed E-state index contributed by atoms with van der Waals surface area (Å²) in [5.74, 6) is 10.5. The van der Waals surface area contributed by atoms with Gasteiger partial charge in [-0.2, -0.15) is 10.2 Å². The lowest BCUT2D eigenvalue weighted by molar-refractivity contribution is 0.0427. The predicted octanol–water partition coefficient (Wildman–Crippen LogP) is 0.584. The minimum atomic E-state index is -0.192. The molecule has 1 aliphatic rings. The van der Waals surface area contributed by atoms with E-state index < -0.39 is 0 Å². The molecule has 9 heteroatoms. The van der Waals surface area contributed by atoms with Crippen molar-refractivity contribution < 1.29 is 4.74 Å². The van der Waals surface area contributed by atoms with Crippen molar-refractivity contribution >= 4 is 23.9 Å². The second kappa shape index (κ2) is 15.9. The number of nitrogens with zero attached hydrogens (tertiary/aromatic N) is 3. The standard InChI is InChI=1S/C12H17N5OS.2C2H7N/c13-15-8-11(16-14)12-9-17(6-7-18-12)19-10-4-2-1-3-5-10;2*1-2-3/h1-5,8,12H,6-7,9,13-14H2;2*2-3H2,1H3/b15-8+,16-11-;;. The average molecular weight is 370 g/mol. The Morgan fingerprint density at radius 3 is 2.36 bits per heavy atom. The van der Waals surface area contributed by atoms with E-state index in [4.69, 9.17) is 27.9 Å². The van der Waals surface area contributed by atoms with Crippen LogP contribution in [-0.4, -0.2) is 55.1 Å².